The van der Waals surface area contributed by atoms with Gasteiger partial charge in [-0.3, -0.25) is 4.79 Å². The zero-order chi connectivity index (χ0) is 13.9. The Morgan fingerprint density at radius 1 is 1.45 bits per heavy atom. The van der Waals surface area contributed by atoms with Crippen molar-refractivity contribution in [3.63, 3.8) is 0 Å². The molecule has 0 radical (unpaired) electrons. The van der Waals surface area contributed by atoms with Crippen molar-refractivity contribution in [2.45, 2.75) is 38.3 Å². The number of para-hydroxylation sites is 1. The summed E-state index contributed by atoms with van der Waals surface area (Å²) in [6, 6.07) is 9.12. The van der Waals surface area contributed by atoms with Crippen LogP contribution >= 0.6 is 0 Å². The summed E-state index contributed by atoms with van der Waals surface area (Å²) in [6.07, 6.45) is 3.18. The molecule has 4 nitrogen and oxygen atoms in total. The van der Waals surface area contributed by atoms with Gasteiger partial charge < -0.3 is 15.5 Å². The molecule has 0 aliphatic carbocycles. The van der Waals surface area contributed by atoms with Crippen LogP contribution in [-0.2, 0) is 11.2 Å². The van der Waals surface area contributed by atoms with Gasteiger partial charge in [-0.05, 0) is 44.4 Å². The van der Waals surface area contributed by atoms with Crippen molar-refractivity contribution in [3.05, 3.63) is 29.8 Å². The van der Waals surface area contributed by atoms with Crippen molar-refractivity contribution in [1.29, 1.82) is 0 Å². The highest BCUT2D eigenvalue weighted by molar-refractivity contribution is 5.82. The molecule has 3 rings (SSSR count). The van der Waals surface area contributed by atoms with Crippen LogP contribution < -0.4 is 15.5 Å². The number of rotatable bonds is 4. The van der Waals surface area contributed by atoms with Crippen LogP contribution in [-0.4, -0.2) is 37.6 Å². The van der Waals surface area contributed by atoms with E-state index in [4.69, 9.17) is 0 Å². The van der Waals surface area contributed by atoms with Crippen molar-refractivity contribution in [2.75, 3.05) is 24.5 Å². The quantitative estimate of drug-likeness (QED) is 0.869. The highest BCUT2D eigenvalue weighted by Crippen LogP contribution is 2.31. The molecule has 1 unspecified atom stereocenters. The first-order valence-corrected chi connectivity index (χ1v) is 7.61. The summed E-state index contributed by atoms with van der Waals surface area (Å²) in [6.45, 7) is 4.82. The number of anilines is 1. The van der Waals surface area contributed by atoms with Crippen molar-refractivity contribution < 1.29 is 4.79 Å². The summed E-state index contributed by atoms with van der Waals surface area (Å²) >= 11 is 0. The number of nitrogens with one attached hydrogen (secondary N) is 2. The number of amides is 1. The Labute approximate surface area is 120 Å². The van der Waals surface area contributed by atoms with Gasteiger partial charge in [0, 0.05) is 24.8 Å². The SMILES string of the molecule is CC1Cc2ccccc2N1CCNC(=O)[C@@H]1CCCN1. The van der Waals surface area contributed by atoms with Crippen LogP contribution in [0.2, 0.25) is 0 Å². The van der Waals surface area contributed by atoms with E-state index in [0.29, 0.717) is 6.04 Å². The van der Waals surface area contributed by atoms with Gasteiger partial charge in [0.2, 0.25) is 5.91 Å². The van der Waals surface area contributed by atoms with E-state index in [1.54, 1.807) is 0 Å². The Morgan fingerprint density at radius 2 is 2.30 bits per heavy atom. The van der Waals surface area contributed by atoms with Crippen LogP contribution in [0.1, 0.15) is 25.3 Å². The summed E-state index contributed by atoms with van der Waals surface area (Å²) in [4.78, 5) is 14.4. The van der Waals surface area contributed by atoms with Crippen LogP contribution in [0.5, 0.6) is 0 Å². The van der Waals surface area contributed by atoms with Crippen LogP contribution in [0.3, 0.4) is 0 Å². The molecule has 1 saturated heterocycles. The van der Waals surface area contributed by atoms with Crippen LogP contribution in [0, 0.1) is 0 Å². The molecule has 2 N–H and O–H groups in total. The molecule has 108 valence electrons. The van der Waals surface area contributed by atoms with Crippen molar-refractivity contribution in [3.8, 4) is 0 Å². The molecule has 2 aliphatic heterocycles. The minimum atomic E-state index is 0.0262. The topological polar surface area (TPSA) is 44.4 Å². The standard InChI is InChI=1S/C16H23N3O/c1-12-11-13-5-2-3-7-15(13)19(12)10-9-18-16(20)14-6-4-8-17-14/h2-3,5,7,12,14,17H,4,6,8-11H2,1H3,(H,18,20)/t12?,14-/m0/s1. The van der Waals surface area contributed by atoms with Gasteiger partial charge in [-0.1, -0.05) is 18.2 Å². The molecule has 2 aliphatic rings. The van der Waals surface area contributed by atoms with E-state index in [2.05, 4.69) is 46.7 Å². The van der Waals surface area contributed by atoms with Gasteiger partial charge in [0.25, 0.3) is 0 Å². The highest BCUT2D eigenvalue weighted by Gasteiger charge is 2.26. The molecule has 1 aromatic rings. The van der Waals surface area contributed by atoms with Gasteiger partial charge in [0.15, 0.2) is 0 Å². The molecule has 4 heteroatoms. The molecule has 0 aromatic heterocycles. The number of hydrogen-bond donors (Lipinski definition) is 2. The Bertz CT molecular complexity index is 482. The lowest BCUT2D eigenvalue weighted by Crippen LogP contribution is -2.44. The number of hydrogen-bond acceptors (Lipinski definition) is 3. The number of nitrogens with zero attached hydrogens (tertiary/aromatic N) is 1. The third-order valence-corrected chi connectivity index (χ3v) is 4.38. The Hall–Kier alpha value is -1.55. The van der Waals surface area contributed by atoms with Crippen molar-refractivity contribution in [2.24, 2.45) is 0 Å². The molecule has 0 spiro atoms. The normalized spacial score (nSPS) is 24.8. The lowest BCUT2D eigenvalue weighted by molar-refractivity contribution is -0.122. The minimum absolute atomic E-state index is 0.0262. The van der Waals surface area contributed by atoms with Gasteiger partial charge >= 0.3 is 0 Å². The third-order valence-electron chi connectivity index (χ3n) is 4.38. The molecule has 2 heterocycles. The number of benzene rings is 1. The molecular weight excluding hydrogens is 250 g/mol. The van der Waals surface area contributed by atoms with E-state index in [9.17, 15) is 4.79 Å². The first-order valence-electron chi connectivity index (χ1n) is 7.61. The molecule has 1 fully saturated rings. The Balaban J connectivity index is 1.52. The van der Waals surface area contributed by atoms with E-state index in [1.165, 1.54) is 11.3 Å². The van der Waals surface area contributed by atoms with Gasteiger partial charge in [0.05, 0.1) is 6.04 Å². The summed E-state index contributed by atoms with van der Waals surface area (Å²) in [5.41, 5.74) is 2.75. The third kappa shape index (κ3) is 2.66. The molecule has 20 heavy (non-hydrogen) atoms. The fourth-order valence-corrected chi connectivity index (χ4v) is 3.30. The average molecular weight is 273 g/mol. The fraction of sp³-hybridized carbons (Fsp3) is 0.562. The van der Waals surface area contributed by atoms with Gasteiger partial charge in [-0.2, -0.15) is 0 Å². The maximum Gasteiger partial charge on any atom is 0.237 e. The first-order chi connectivity index (χ1) is 9.75. The van der Waals surface area contributed by atoms with E-state index < -0.39 is 0 Å². The van der Waals surface area contributed by atoms with E-state index >= 15 is 0 Å². The van der Waals surface area contributed by atoms with Gasteiger partial charge in [-0.15, -0.1) is 0 Å². The molecule has 1 aromatic carbocycles. The van der Waals surface area contributed by atoms with Gasteiger partial charge in [-0.25, -0.2) is 0 Å². The number of carbonyl (C=O) groups excluding carboxylic acids is 1. The van der Waals surface area contributed by atoms with Crippen LogP contribution in [0.25, 0.3) is 0 Å². The number of carbonyl (C=O) groups is 1. The van der Waals surface area contributed by atoms with Crippen molar-refractivity contribution >= 4 is 11.6 Å². The second kappa shape index (κ2) is 5.83. The maximum absolute atomic E-state index is 12.0. The predicted molar refractivity (Wildman–Crippen MR) is 81.0 cm³/mol. The lowest BCUT2D eigenvalue weighted by atomic mass is 10.1. The molecule has 0 bridgehead atoms. The van der Waals surface area contributed by atoms with Gasteiger partial charge in [0.1, 0.15) is 0 Å². The summed E-state index contributed by atoms with van der Waals surface area (Å²) < 4.78 is 0. The summed E-state index contributed by atoms with van der Waals surface area (Å²) in [7, 11) is 0. The first kappa shape index (κ1) is 13.4. The Kier molecular flexibility index (Phi) is 3.92. The molecule has 2 atom stereocenters. The zero-order valence-corrected chi connectivity index (χ0v) is 12.1. The summed E-state index contributed by atoms with van der Waals surface area (Å²) in [5.74, 6) is 0.155. The van der Waals surface area contributed by atoms with Crippen LogP contribution in [0.15, 0.2) is 24.3 Å². The van der Waals surface area contributed by atoms with E-state index in [-0.39, 0.29) is 11.9 Å². The molecular formula is C16H23N3O. The number of fused-ring (bicyclic) bond motifs is 1. The smallest absolute Gasteiger partial charge is 0.237 e. The maximum atomic E-state index is 12.0. The van der Waals surface area contributed by atoms with E-state index in [0.717, 1.165) is 38.9 Å². The largest absolute Gasteiger partial charge is 0.367 e. The molecule has 1 amide bonds. The monoisotopic (exact) mass is 273 g/mol. The fourth-order valence-electron chi connectivity index (χ4n) is 3.30. The second-order valence-corrected chi connectivity index (χ2v) is 5.82. The zero-order valence-electron chi connectivity index (χ0n) is 12.1. The predicted octanol–water partition coefficient (Wildman–Crippen LogP) is 1.31. The molecule has 0 saturated carbocycles. The van der Waals surface area contributed by atoms with Crippen LogP contribution in [0.4, 0.5) is 5.69 Å². The second-order valence-electron chi connectivity index (χ2n) is 5.82. The Morgan fingerprint density at radius 3 is 3.10 bits per heavy atom. The lowest BCUT2D eigenvalue weighted by Gasteiger charge is -2.25. The average Bonchev–Trinajstić information content (AvgIpc) is 3.07. The van der Waals surface area contributed by atoms with Crippen molar-refractivity contribution in [1.82, 2.24) is 10.6 Å². The summed E-state index contributed by atoms with van der Waals surface area (Å²) in [5, 5.41) is 6.29. The highest BCUT2D eigenvalue weighted by atomic mass is 16.2. The van der Waals surface area contributed by atoms with E-state index in [1.807, 2.05) is 0 Å². The minimum Gasteiger partial charge on any atom is -0.367 e.